The number of fused-ring (bicyclic) bond motifs is 1. The van der Waals surface area contributed by atoms with Crippen molar-refractivity contribution in [2.75, 3.05) is 0 Å². The summed E-state index contributed by atoms with van der Waals surface area (Å²) in [5.74, 6) is 0.691. The first-order valence-electron chi connectivity index (χ1n) is 5.24. The fourth-order valence-corrected chi connectivity index (χ4v) is 2.57. The molecule has 3 rings (SSSR count). The van der Waals surface area contributed by atoms with Gasteiger partial charge in [-0.05, 0) is 42.9 Å². The zero-order valence-corrected chi connectivity index (χ0v) is 8.70. The zero-order valence-electron chi connectivity index (χ0n) is 7.95. The Labute approximate surface area is 89.0 Å². The number of epoxide rings is 1. The van der Waals surface area contributed by atoms with Crippen LogP contribution in [0, 0.1) is 0 Å². The average molecular weight is 209 g/mol. The van der Waals surface area contributed by atoms with E-state index < -0.39 is 0 Å². The van der Waals surface area contributed by atoms with Gasteiger partial charge in [0.25, 0.3) is 0 Å². The van der Waals surface area contributed by atoms with Crippen molar-refractivity contribution in [2.45, 2.75) is 37.4 Å². The number of hydrogen-bond acceptors (Lipinski definition) is 1. The molecule has 2 fully saturated rings. The van der Waals surface area contributed by atoms with Crippen molar-refractivity contribution in [3.63, 3.8) is 0 Å². The number of rotatable bonds is 1. The molecule has 0 amide bonds. The molecule has 1 heterocycles. The molecule has 0 N–H and O–H groups in total. The van der Waals surface area contributed by atoms with E-state index in [1.165, 1.54) is 24.8 Å². The summed E-state index contributed by atoms with van der Waals surface area (Å²) in [7, 11) is 0. The number of ether oxygens (including phenoxy) is 1. The highest BCUT2D eigenvalue weighted by Crippen LogP contribution is 2.43. The summed E-state index contributed by atoms with van der Waals surface area (Å²) in [4.78, 5) is 0. The molecule has 2 aliphatic rings. The Morgan fingerprint density at radius 1 is 1.07 bits per heavy atom. The van der Waals surface area contributed by atoms with Crippen LogP contribution < -0.4 is 0 Å². The van der Waals surface area contributed by atoms with E-state index in [0.717, 1.165) is 5.02 Å². The second kappa shape index (κ2) is 3.25. The third-order valence-electron chi connectivity index (χ3n) is 3.35. The Hall–Kier alpha value is -0.530. The van der Waals surface area contributed by atoms with Crippen molar-refractivity contribution in [3.05, 3.63) is 34.9 Å². The maximum Gasteiger partial charge on any atom is 0.0847 e. The second-order valence-corrected chi connectivity index (χ2v) is 4.71. The van der Waals surface area contributed by atoms with E-state index in [4.69, 9.17) is 16.3 Å². The molecule has 3 unspecified atom stereocenters. The Morgan fingerprint density at radius 3 is 2.57 bits per heavy atom. The predicted octanol–water partition coefficient (Wildman–Crippen LogP) is 3.37. The van der Waals surface area contributed by atoms with Crippen molar-refractivity contribution < 1.29 is 4.74 Å². The molecule has 1 aromatic rings. The molecule has 1 nitrogen and oxygen atoms in total. The fourth-order valence-electron chi connectivity index (χ4n) is 2.44. The van der Waals surface area contributed by atoms with Crippen molar-refractivity contribution in [1.29, 1.82) is 0 Å². The predicted molar refractivity (Wildman–Crippen MR) is 56.7 cm³/mol. The molecule has 1 aromatic carbocycles. The largest absolute Gasteiger partial charge is 0.370 e. The quantitative estimate of drug-likeness (QED) is 0.645. The van der Waals surface area contributed by atoms with Gasteiger partial charge < -0.3 is 4.74 Å². The molecule has 0 aromatic heterocycles. The van der Waals surface area contributed by atoms with Crippen LogP contribution in [-0.4, -0.2) is 12.2 Å². The van der Waals surface area contributed by atoms with Crippen molar-refractivity contribution in [3.8, 4) is 0 Å². The standard InChI is InChI=1S/C12H13ClO/c13-10-4-1-8(2-5-10)9-3-6-11-12(7-9)14-11/h1-2,4-5,9,11-12H,3,6-7H2. The van der Waals surface area contributed by atoms with Gasteiger partial charge in [-0.1, -0.05) is 23.7 Å². The molecule has 0 radical (unpaired) electrons. The first-order valence-corrected chi connectivity index (χ1v) is 5.61. The Morgan fingerprint density at radius 2 is 1.86 bits per heavy atom. The van der Waals surface area contributed by atoms with Crippen molar-refractivity contribution >= 4 is 11.6 Å². The number of benzene rings is 1. The highest BCUT2D eigenvalue weighted by Gasteiger charge is 2.43. The van der Waals surface area contributed by atoms with Crippen LogP contribution in [0.25, 0.3) is 0 Å². The molecular weight excluding hydrogens is 196 g/mol. The lowest BCUT2D eigenvalue weighted by atomic mass is 9.84. The second-order valence-electron chi connectivity index (χ2n) is 4.27. The molecule has 0 bridgehead atoms. The van der Waals surface area contributed by atoms with Crippen LogP contribution in [-0.2, 0) is 4.74 Å². The maximum atomic E-state index is 5.86. The van der Waals surface area contributed by atoms with E-state index in [0.29, 0.717) is 18.1 Å². The van der Waals surface area contributed by atoms with Crippen LogP contribution in [0.1, 0.15) is 30.7 Å². The molecule has 1 aliphatic carbocycles. The topological polar surface area (TPSA) is 12.5 Å². The molecule has 2 heteroatoms. The minimum absolute atomic E-state index is 0.560. The van der Waals surface area contributed by atoms with Crippen LogP contribution >= 0.6 is 11.6 Å². The lowest BCUT2D eigenvalue weighted by Crippen LogP contribution is -2.11. The van der Waals surface area contributed by atoms with Crippen molar-refractivity contribution in [2.24, 2.45) is 0 Å². The van der Waals surface area contributed by atoms with E-state index >= 15 is 0 Å². The van der Waals surface area contributed by atoms with Gasteiger partial charge in [-0.15, -0.1) is 0 Å². The van der Waals surface area contributed by atoms with Gasteiger partial charge in [0, 0.05) is 5.02 Å². The van der Waals surface area contributed by atoms with Gasteiger partial charge >= 0.3 is 0 Å². The van der Waals surface area contributed by atoms with Crippen LogP contribution in [0.4, 0.5) is 0 Å². The zero-order chi connectivity index (χ0) is 9.54. The van der Waals surface area contributed by atoms with Gasteiger partial charge in [0.1, 0.15) is 0 Å². The minimum atomic E-state index is 0.560. The van der Waals surface area contributed by atoms with E-state index in [1.807, 2.05) is 12.1 Å². The SMILES string of the molecule is Clc1ccc(C2CCC3OC3C2)cc1. The van der Waals surface area contributed by atoms with E-state index in [9.17, 15) is 0 Å². The summed E-state index contributed by atoms with van der Waals surface area (Å²) in [5.41, 5.74) is 1.42. The van der Waals surface area contributed by atoms with Gasteiger partial charge in [0.05, 0.1) is 12.2 Å². The highest BCUT2D eigenvalue weighted by atomic mass is 35.5. The fraction of sp³-hybridized carbons (Fsp3) is 0.500. The van der Waals surface area contributed by atoms with Gasteiger partial charge in [0.15, 0.2) is 0 Å². The van der Waals surface area contributed by atoms with Crippen molar-refractivity contribution in [1.82, 2.24) is 0 Å². The van der Waals surface area contributed by atoms with Crippen LogP contribution in [0.2, 0.25) is 5.02 Å². The monoisotopic (exact) mass is 208 g/mol. The summed E-state index contributed by atoms with van der Waals surface area (Å²) in [6, 6.07) is 8.26. The van der Waals surface area contributed by atoms with Gasteiger partial charge in [-0.2, -0.15) is 0 Å². The lowest BCUT2D eigenvalue weighted by Gasteiger charge is -2.19. The minimum Gasteiger partial charge on any atom is -0.370 e. The van der Waals surface area contributed by atoms with Crippen LogP contribution in [0.3, 0.4) is 0 Å². The maximum absolute atomic E-state index is 5.86. The summed E-state index contributed by atoms with van der Waals surface area (Å²) in [5, 5.41) is 0.824. The molecular formula is C12H13ClO. The van der Waals surface area contributed by atoms with E-state index in [-0.39, 0.29) is 0 Å². The molecule has 0 spiro atoms. The summed E-state index contributed by atoms with van der Waals surface area (Å²) < 4.78 is 5.53. The van der Waals surface area contributed by atoms with Gasteiger partial charge in [-0.3, -0.25) is 0 Å². The summed E-state index contributed by atoms with van der Waals surface area (Å²) in [6.45, 7) is 0. The molecule has 14 heavy (non-hydrogen) atoms. The first-order chi connectivity index (χ1) is 6.83. The summed E-state index contributed by atoms with van der Waals surface area (Å²) >= 11 is 5.86. The Balaban J connectivity index is 1.77. The Kier molecular flexibility index (Phi) is 2.03. The molecule has 3 atom stereocenters. The first kappa shape index (κ1) is 8.75. The number of hydrogen-bond donors (Lipinski definition) is 0. The molecule has 1 aliphatic heterocycles. The van der Waals surface area contributed by atoms with Gasteiger partial charge in [0.2, 0.25) is 0 Å². The van der Waals surface area contributed by atoms with Crippen LogP contribution in [0.15, 0.2) is 24.3 Å². The normalized spacial score (nSPS) is 35.1. The highest BCUT2D eigenvalue weighted by molar-refractivity contribution is 6.30. The van der Waals surface area contributed by atoms with E-state index in [2.05, 4.69) is 12.1 Å². The van der Waals surface area contributed by atoms with Crippen LogP contribution in [0.5, 0.6) is 0 Å². The molecule has 1 saturated carbocycles. The molecule has 74 valence electrons. The third-order valence-corrected chi connectivity index (χ3v) is 3.60. The average Bonchev–Trinajstić information content (AvgIpc) is 2.96. The molecule has 1 saturated heterocycles. The summed E-state index contributed by atoms with van der Waals surface area (Å²) in [6.07, 6.45) is 4.86. The number of halogens is 1. The Bertz CT molecular complexity index is 333. The smallest absolute Gasteiger partial charge is 0.0847 e. The third kappa shape index (κ3) is 1.55. The lowest BCUT2D eigenvalue weighted by molar-refractivity contribution is 0.371. The van der Waals surface area contributed by atoms with E-state index in [1.54, 1.807) is 0 Å². The van der Waals surface area contributed by atoms with Gasteiger partial charge in [-0.25, -0.2) is 0 Å².